The number of aromatic nitrogens is 1. The van der Waals surface area contributed by atoms with Gasteiger partial charge in [-0.05, 0) is 60.7 Å². The van der Waals surface area contributed by atoms with Crippen LogP contribution in [0.3, 0.4) is 0 Å². The average Bonchev–Trinajstić information content (AvgIpc) is 3.10. The number of nitrogens with zero attached hydrogens (tertiary/aromatic N) is 2. The minimum Gasteiger partial charge on any atom is -0.506 e. The number of ether oxygens (including phenoxy) is 1. The van der Waals surface area contributed by atoms with Crippen LogP contribution < -0.4 is 15.6 Å². The lowest BCUT2D eigenvalue weighted by atomic mass is 9.86. The van der Waals surface area contributed by atoms with Gasteiger partial charge in [0.05, 0.1) is 17.5 Å². The summed E-state index contributed by atoms with van der Waals surface area (Å²) in [5, 5.41) is 45.8. The second-order valence-corrected chi connectivity index (χ2v) is 12.9. The highest BCUT2D eigenvalue weighted by molar-refractivity contribution is 5.88. The molecular formula is C37H40N4O9. The maximum atomic E-state index is 13.1. The van der Waals surface area contributed by atoms with E-state index in [2.05, 4.69) is 10.3 Å². The van der Waals surface area contributed by atoms with Gasteiger partial charge in [0.25, 0.3) is 5.91 Å². The third-order valence-corrected chi connectivity index (χ3v) is 9.66. The molecule has 2 saturated heterocycles. The molecule has 2 amide bonds. The zero-order chi connectivity index (χ0) is 35.4. The number of piperidine rings is 1. The molecule has 0 radical (unpaired) electrons. The number of aliphatic carboxylic acids is 1. The second-order valence-electron chi connectivity index (χ2n) is 12.9. The summed E-state index contributed by atoms with van der Waals surface area (Å²) < 4.78 is 5.66. The Bertz CT molecular complexity index is 1920. The van der Waals surface area contributed by atoms with Gasteiger partial charge in [0, 0.05) is 49.7 Å². The van der Waals surface area contributed by atoms with Crippen LogP contribution in [-0.4, -0.2) is 98.9 Å². The molecule has 6 rings (SSSR count). The number of carboxylic acid groups (broad SMARTS) is 1. The first-order chi connectivity index (χ1) is 24.0. The number of aliphatic hydroxyl groups excluding tert-OH is 1. The van der Waals surface area contributed by atoms with E-state index in [-0.39, 0.29) is 64.6 Å². The van der Waals surface area contributed by atoms with Gasteiger partial charge in [-0.3, -0.25) is 14.4 Å². The molecule has 0 bridgehead atoms. The number of hydrogen-bond acceptors (Lipinski definition) is 9. The number of carbonyl (C=O) groups is 3. The summed E-state index contributed by atoms with van der Waals surface area (Å²) in [7, 11) is 0. The number of pyridine rings is 1. The average molecular weight is 685 g/mol. The normalized spacial score (nSPS) is 17.2. The Morgan fingerprint density at radius 2 is 1.66 bits per heavy atom. The molecule has 2 atom stereocenters. The first kappa shape index (κ1) is 34.6. The molecule has 2 fully saturated rings. The van der Waals surface area contributed by atoms with Crippen molar-refractivity contribution in [1.82, 2.24) is 20.1 Å². The van der Waals surface area contributed by atoms with Crippen LogP contribution in [0.5, 0.6) is 11.5 Å². The van der Waals surface area contributed by atoms with Crippen molar-refractivity contribution in [1.29, 1.82) is 0 Å². The topological polar surface area (TPSA) is 193 Å². The van der Waals surface area contributed by atoms with E-state index in [9.17, 15) is 39.6 Å². The number of phenolic OH excluding ortho intramolecular Hbond substituents is 1. The van der Waals surface area contributed by atoms with Crippen LogP contribution in [0.2, 0.25) is 0 Å². The van der Waals surface area contributed by atoms with Gasteiger partial charge in [0.15, 0.2) is 6.61 Å². The van der Waals surface area contributed by atoms with Gasteiger partial charge in [0.2, 0.25) is 17.1 Å². The third kappa shape index (κ3) is 7.20. The first-order valence-electron chi connectivity index (χ1n) is 16.6. The number of rotatable bonds is 12. The van der Waals surface area contributed by atoms with E-state index in [0.29, 0.717) is 49.6 Å². The SMILES string of the molecule is O=C(COc1cccc([C@](O)(C(=O)O)c2ccccc2)c1)N1CC(C(=O)N2CCC(CNC[C@H](O)c3ccc(O)c4[nH]c(=O)ccc34)CC2)C1. The first-order valence-corrected chi connectivity index (χ1v) is 16.6. The molecule has 6 N–H and O–H groups in total. The van der Waals surface area contributed by atoms with E-state index in [1.807, 2.05) is 4.90 Å². The molecule has 50 heavy (non-hydrogen) atoms. The molecule has 3 heterocycles. The van der Waals surface area contributed by atoms with Gasteiger partial charge < -0.3 is 45.3 Å². The van der Waals surface area contributed by atoms with E-state index in [1.54, 1.807) is 47.4 Å². The van der Waals surface area contributed by atoms with Crippen molar-refractivity contribution in [2.45, 2.75) is 24.5 Å². The van der Waals surface area contributed by atoms with Crippen molar-refractivity contribution >= 4 is 28.7 Å². The molecule has 13 nitrogen and oxygen atoms in total. The number of aromatic amines is 1. The molecule has 0 aliphatic carbocycles. The fourth-order valence-electron chi connectivity index (χ4n) is 6.68. The van der Waals surface area contributed by atoms with Crippen molar-refractivity contribution in [2.75, 3.05) is 45.9 Å². The number of carboxylic acids is 1. The van der Waals surface area contributed by atoms with Crippen LogP contribution >= 0.6 is 0 Å². The highest BCUT2D eigenvalue weighted by Crippen LogP contribution is 2.33. The van der Waals surface area contributed by atoms with Crippen LogP contribution in [0.25, 0.3) is 10.9 Å². The lowest BCUT2D eigenvalue weighted by Gasteiger charge is -2.42. The number of phenols is 1. The Hall–Kier alpha value is -5.24. The van der Waals surface area contributed by atoms with Gasteiger partial charge in [-0.25, -0.2) is 4.79 Å². The number of carbonyl (C=O) groups excluding carboxylic acids is 2. The quantitative estimate of drug-likeness (QED) is 0.129. The van der Waals surface area contributed by atoms with Gasteiger partial charge >= 0.3 is 5.97 Å². The van der Waals surface area contributed by atoms with Crippen molar-refractivity contribution < 1.29 is 39.5 Å². The molecule has 262 valence electrons. The number of hydrogen-bond donors (Lipinski definition) is 6. The summed E-state index contributed by atoms with van der Waals surface area (Å²) >= 11 is 0. The minimum atomic E-state index is -2.29. The number of aliphatic hydroxyl groups is 2. The highest BCUT2D eigenvalue weighted by Gasteiger charge is 2.41. The molecule has 2 aliphatic heterocycles. The fraction of sp³-hybridized carbons (Fsp3) is 0.351. The van der Waals surface area contributed by atoms with E-state index >= 15 is 0 Å². The Labute approximate surface area is 287 Å². The molecule has 13 heteroatoms. The van der Waals surface area contributed by atoms with Gasteiger partial charge in [0.1, 0.15) is 11.5 Å². The van der Waals surface area contributed by atoms with Crippen LogP contribution in [0.4, 0.5) is 0 Å². The number of H-pyrrole nitrogens is 1. The second kappa shape index (κ2) is 14.7. The number of amides is 2. The molecule has 0 unspecified atom stereocenters. The number of fused-ring (bicyclic) bond motifs is 1. The van der Waals surface area contributed by atoms with E-state index in [0.717, 1.165) is 12.8 Å². The van der Waals surface area contributed by atoms with E-state index < -0.39 is 17.7 Å². The number of likely N-dealkylation sites (tertiary alicyclic amines) is 2. The van der Waals surface area contributed by atoms with Gasteiger partial charge in [-0.1, -0.05) is 48.5 Å². The number of nitrogens with one attached hydrogen (secondary N) is 2. The smallest absolute Gasteiger partial charge is 0.345 e. The maximum Gasteiger partial charge on any atom is 0.345 e. The monoisotopic (exact) mass is 684 g/mol. The Morgan fingerprint density at radius 3 is 2.38 bits per heavy atom. The largest absolute Gasteiger partial charge is 0.506 e. The fourth-order valence-corrected chi connectivity index (χ4v) is 6.68. The van der Waals surface area contributed by atoms with Crippen LogP contribution in [0, 0.1) is 11.8 Å². The zero-order valence-corrected chi connectivity index (χ0v) is 27.3. The lowest BCUT2D eigenvalue weighted by Crippen LogP contribution is -2.58. The summed E-state index contributed by atoms with van der Waals surface area (Å²) in [6, 6.07) is 20.1. The van der Waals surface area contributed by atoms with E-state index in [4.69, 9.17) is 4.74 Å². The predicted molar refractivity (Wildman–Crippen MR) is 182 cm³/mol. The molecule has 1 aromatic heterocycles. The summed E-state index contributed by atoms with van der Waals surface area (Å²) in [5.41, 5.74) is -1.46. The number of benzene rings is 3. The summed E-state index contributed by atoms with van der Waals surface area (Å²) in [6.07, 6.45) is 0.769. The summed E-state index contributed by atoms with van der Waals surface area (Å²) in [6.45, 7) is 2.48. The standard InChI is InChI=1S/C37H40N4O9/c42-30-11-9-28(29-10-12-32(44)39-34(29)30)31(43)19-38-18-23-13-15-40(16-14-23)35(46)24-20-41(21-24)33(45)22-50-27-8-4-7-26(17-27)37(49,36(47)48)25-5-2-1-3-6-25/h1-12,17,23-24,31,38,42-43,49H,13-16,18-22H2,(H,39,44)(H,47,48)/t31-,37-/m0/s1. The van der Waals surface area contributed by atoms with E-state index in [1.165, 1.54) is 36.4 Å². The predicted octanol–water partition coefficient (Wildman–Crippen LogP) is 1.95. The molecule has 0 spiro atoms. The zero-order valence-electron chi connectivity index (χ0n) is 27.3. The Morgan fingerprint density at radius 1 is 0.940 bits per heavy atom. The summed E-state index contributed by atoms with van der Waals surface area (Å²) in [5.74, 6) is -1.49. The third-order valence-electron chi connectivity index (χ3n) is 9.66. The van der Waals surface area contributed by atoms with Gasteiger partial charge in [-0.15, -0.1) is 0 Å². The van der Waals surface area contributed by atoms with Crippen LogP contribution in [0.15, 0.2) is 83.7 Å². The van der Waals surface area contributed by atoms with Crippen molar-refractivity contribution in [3.05, 3.63) is 106 Å². The molecule has 0 saturated carbocycles. The van der Waals surface area contributed by atoms with Crippen molar-refractivity contribution in [3.8, 4) is 11.5 Å². The molecule has 3 aromatic carbocycles. The minimum absolute atomic E-state index is 0.0237. The van der Waals surface area contributed by atoms with Crippen LogP contribution in [-0.2, 0) is 20.0 Å². The highest BCUT2D eigenvalue weighted by atomic mass is 16.5. The Kier molecular flexibility index (Phi) is 10.2. The van der Waals surface area contributed by atoms with Crippen LogP contribution in [0.1, 0.15) is 35.6 Å². The molecule has 4 aromatic rings. The molecule has 2 aliphatic rings. The van der Waals surface area contributed by atoms with Gasteiger partial charge in [-0.2, -0.15) is 0 Å². The Balaban J connectivity index is 0.921. The van der Waals surface area contributed by atoms with Crippen molar-refractivity contribution in [3.63, 3.8) is 0 Å². The lowest BCUT2D eigenvalue weighted by molar-refractivity contribution is -0.155. The number of aromatic hydroxyl groups is 1. The van der Waals surface area contributed by atoms with Crippen molar-refractivity contribution in [2.24, 2.45) is 11.8 Å². The maximum absolute atomic E-state index is 13.1. The molecular weight excluding hydrogens is 644 g/mol. The summed E-state index contributed by atoms with van der Waals surface area (Å²) in [4.78, 5) is 55.7.